The zero-order chi connectivity index (χ0) is 14.9. The third-order valence-corrected chi connectivity index (χ3v) is 4.87. The molecule has 1 N–H and O–H groups in total. The molecule has 0 unspecified atom stereocenters. The van der Waals surface area contributed by atoms with Gasteiger partial charge in [0.2, 0.25) is 15.9 Å². The molecule has 0 aromatic carbocycles. The Labute approximate surface area is 118 Å². The van der Waals surface area contributed by atoms with Crippen molar-refractivity contribution in [2.24, 2.45) is 0 Å². The van der Waals surface area contributed by atoms with E-state index in [2.05, 4.69) is 9.71 Å². The number of sulfonamides is 1. The van der Waals surface area contributed by atoms with Crippen molar-refractivity contribution in [3.8, 4) is 0 Å². The predicted octanol–water partition coefficient (Wildman–Crippen LogP) is -0.343. The van der Waals surface area contributed by atoms with Crippen LogP contribution in [0.5, 0.6) is 0 Å². The molecule has 1 fully saturated rings. The van der Waals surface area contributed by atoms with Gasteiger partial charge in [-0.05, 0) is 26.1 Å². The average Bonchev–Trinajstić information content (AvgIpc) is 2.45. The second kappa shape index (κ2) is 5.37. The Kier molecular flexibility index (Phi) is 3.96. The van der Waals surface area contributed by atoms with Crippen molar-refractivity contribution >= 4 is 21.7 Å². The maximum absolute atomic E-state index is 11.9. The summed E-state index contributed by atoms with van der Waals surface area (Å²) in [6, 6.07) is 2.82. The number of hydrogen-bond acceptors (Lipinski definition) is 5. The lowest BCUT2D eigenvalue weighted by molar-refractivity contribution is -0.132. The lowest BCUT2D eigenvalue weighted by atomic mass is 10.2. The number of rotatable bonds is 3. The summed E-state index contributed by atoms with van der Waals surface area (Å²) in [7, 11) is -0.363. The number of nitrogens with zero attached hydrogens (tertiary/aromatic N) is 3. The molecule has 0 bridgehead atoms. The molecule has 1 aromatic rings. The minimum Gasteiger partial charge on any atom is -0.343 e. The molecular weight excluding hydrogens is 280 g/mol. The first-order valence-corrected chi connectivity index (χ1v) is 7.76. The SMILES string of the molecule is CNS(=O)(=O)c1ccc(N2CCN(C)C(=O)[C@@H]2C)nc1. The van der Waals surface area contributed by atoms with Gasteiger partial charge in [0.05, 0.1) is 0 Å². The van der Waals surface area contributed by atoms with E-state index in [1.165, 1.54) is 19.3 Å². The third-order valence-electron chi connectivity index (χ3n) is 3.47. The van der Waals surface area contributed by atoms with E-state index >= 15 is 0 Å². The van der Waals surface area contributed by atoms with Crippen LogP contribution in [0.15, 0.2) is 23.2 Å². The zero-order valence-electron chi connectivity index (χ0n) is 11.7. The van der Waals surface area contributed by atoms with Gasteiger partial charge in [-0.1, -0.05) is 0 Å². The number of hydrogen-bond donors (Lipinski definition) is 1. The number of aromatic nitrogens is 1. The first kappa shape index (κ1) is 14.7. The van der Waals surface area contributed by atoms with Crippen LogP contribution >= 0.6 is 0 Å². The van der Waals surface area contributed by atoms with Gasteiger partial charge >= 0.3 is 0 Å². The highest BCUT2D eigenvalue weighted by atomic mass is 32.2. The molecule has 20 heavy (non-hydrogen) atoms. The van der Waals surface area contributed by atoms with Crippen molar-refractivity contribution in [2.75, 3.05) is 32.1 Å². The Morgan fingerprint density at radius 3 is 2.60 bits per heavy atom. The number of carbonyl (C=O) groups excluding carboxylic acids is 1. The van der Waals surface area contributed by atoms with Gasteiger partial charge in [0.25, 0.3) is 0 Å². The Morgan fingerprint density at radius 2 is 2.05 bits per heavy atom. The van der Waals surface area contributed by atoms with Crippen LogP contribution in [0.3, 0.4) is 0 Å². The molecule has 1 amide bonds. The van der Waals surface area contributed by atoms with E-state index in [4.69, 9.17) is 0 Å². The van der Waals surface area contributed by atoms with E-state index in [0.717, 1.165) is 0 Å². The van der Waals surface area contributed by atoms with Gasteiger partial charge in [-0.15, -0.1) is 0 Å². The number of pyridine rings is 1. The van der Waals surface area contributed by atoms with Crippen LogP contribution in [-0.2, 0) is 14.8 Å². The van der Waals surface area contributed by atoms with E-state index in [1.807, 2.05) is 11.8 Å². The molecule has 8 heteroatoms. The van der Waals surface area contributed by atoms with Crippen LogP contribution in [0.25, 0.3) is 0 Å². The zero-order valence-corrected chi connectivity index (χ0v) is 12.5. The normalized spacial score (nSPS) is 20.4. The fraction of sp³-hybridized carbons (Fsp3) is 0.500. The molecule has 1 atom stereocenters. The molecular formula is C12H18N4O3S. The molecule has 1 aromatic heterocycles. The van der Waals surface area contributed by atoms with Crippen LogP contribution in [-0.4, -0.2) is 57.4 Å². The van der Waals surface area contributed by atoms with Crippen molar-refractivity contribution in [1.82, 2.24) is 14.6 Å². The van der Waals surface area contributed by atoms with Gasteiger partial charge in [0.1, 0.15) is 16.8 Å². The van der Waals surface area contributed by atoms with Crippen molar-refractivity contribution in [1.29, 1.82) is 0 Å². The number of piperazine rings is 1. The fourth-order valence-electron chi connectivity index (χ4n) is 2.15. The average molecular weight is 298 g/mol. The number of likely N-dealkylation sites (N-methyl/N-ethyl adjacent to an activating group) is 1. The summed E-state index contributed by atoms with van der Waals surface area (Å²) in [5.41, 5.74) is 0. The van der Waals surface area contributed by atoms with Crippen molar-refractivity contribution in [3.05, 3.63) is 18.3 Å². The molecule has 110 valence electrons. The summed E-state index contributed by atoms with van der Waals surface area (Å²) >= 11 is 0. The van der Waals surface area contributed by atoms with Gasteiger partial charge in [-0.2, -0.15) is 0 Å². The summed E-state index contributed by atoms with van der Waals surface area (Å²) in [6.07, 6.45) is 1.30. The maximum Gasteiger partial charge on any atom is 0.244 e. The van der Waals surface area contributed by atoms with E-state index in [-0.39, 0.29) is 16.8 Å². The third kappa shape index (κ3) is 2.61. The van der Waals surface area contributed by atoms with E-state index < -0.39 is 10.0 Å². The van der Waals surface area contributed by atoms with Gasteiger partial charge < -0.3 is 9.80 Å². The first-order valence-electron chi connectivity index (χ1n) is 6.28. The van der Waals surface area contributed by atoms with Gasteiger partial charge in [0, 0.05) is 26.3 Å². The summed E-state index contributed by atoms with van der Waals surface area (Å²) in [4.78, 5) is 19.8. The van der Waals surface area contributed by atoms with Gasteiger partial charge in [0.15, 0.2) is 0 Å². The molecule has 0 saturated carbocycles. The van der Waals surface area contributed by atoms with Crippen LogP contribution in [0.2, 0.25) is 0 Å². The minimum atomic E-state index is -3.48. The van der Waals surface area contributed by atoms with Crippen molar-refractivity contribution < 1.29 is 13.2 Å². The molecule has 2 heterocycles. The largest absolute Gasteiger partial charge is 0.343 e. The molecule has 1 aliphatic rings. The Hall–Kier alpha value is -1.67. The first-order chi connectivity index (χ1) is 9.36. The summed E-state index contributed by atoms with van der Waals surface area (Å²) in [6.45, 7) is 3.12. The lowest BCUT2D eigenvalue weighted by Gasteiger charge is -2.38. The van der Waals surface area contributed by atoms with Crippen LogP contribution in [0, 0.1) is 0 Å². The molecule has 0 aliphatic carbocycles. The Morgan fingerprint density at radius 1 is 1.35 bits per heavy atom. The molecule has 0 radical (unpaired) electrons. The van der Waals surface area contributed by atoms with Crippen molar-refractivity contribution in [2.45, 2.75) is 17.9 Å². The van der Waals surface area contributed by atoms with Gasteiger partial charge in [-0.25, -0.2) is 18.1 Å². The highest BCUT2D eigenvalue weighted by Crippen LogP contribution is 2.19. The standard InChI is InChI=1S/C12H18N4O3S/c1-9-12(17)15(3)6-7-16(9)11-5-4-10(8-14-11)20(18,19)13-2/h4-5,8-9,13H,6-7H2,1-3H3/t9-/m0/s1. The molecule has 1 aliphatic heterocycles. The van der Waals surface area contributed by atoms with E-state index in [9.17, 15) is 13.2 Å². The van der Waals surface area contributed by atoms with Crippen LogP contribution < -0.4 is 9.62 Å². The number of carbonyl (C=O) groups is 1. The second-order valence-corrected chi connectivity index (χ2v) is 6.58. The molecule has 7 nitrogen and oxygen atoms in total. The highest BCUT2D eigenvalue weighted by molar-refractivity contribution is 7.89. The van der Waals surface area contributed by atoms with Crippen LogP contribution in [0.1, 0.15) is 6.92 Å². The highest BCUT2D eigenvalue weighted by Gasteiger charge is 2.30. The monoisotopic (exact) mass is 298 g/mol. The van der Waals surface area contributed by atoms with Crippen LogP contribution in [0.4, 0.5) is 5.82 Å². The number of amides is 1. The Balaban J connectivity index is 2.25. The van der Waals surface area contributed by atoms with Gasteiger partial charge in [-0.3, -0.25) is 4.79 Å². The van der Waals surface area contributed by atoms with E-state index in [1.54, 1.807) is 18.0 Å². The molecule has 2 rings (SSSR count). The van der Waals surface area contributed by atoms with E-state index in [0.29, 0.717) is 18.9 Å². The quantitative estimate of drug-likeness (QED) is 0.825. The Bertz CT molecular complexity index is 600. The minimum absolute atomic E-state index is 0.0324. The summed E-state index contributed by atoms with van der Waals surface area (Å²) < 4.78 is 25.5. The summed E-state index contributed by atoms with van der Waals surface area (Å²) in [5, 5.41) is 0. The fourth-order valence-corrected chi connectivity index (χ4v) is 2.82. The molecule has 1 saturated heterocycles. The smallest absolute Gasteiger partial charge is 0.244 e. The summed E-state index contributed by atoms with van der Waals surface area (Å²) in [5.74, 6) is 0.638. The molecule has 0 spiro atoms. The topological polar surface area (TPSA) is 82.6 Å². The lowest BCUT2D eigenvalue weighted by Crippen LogP contribution is -2.54. The number of anilines is 1. The maximum atomic E-state index is 11.9. The second-order valence-electron chi connectivity index (χ2n) is 4.69. The predicted molar refractivity (Wildman–Crippen MR) is 74.9 cm³/mol. The van der Waals surface area contributed by atoms with Crippen molar-refractivity contribution in [3.63, 3.8) is 0 Å². The number of nitrogens with one attached hydrogen (secondary N) is 1.